The van der Waals surface area contributed by atoms with Crippen molar-refractivity contribution in [3.05, 3.63) is 0 Å². The Morgan fingerprint density at radius 3 is 0.667 bits per heavy atom. The Kier molecular flexibility index (Phi) is 30.0. The molecule has 0 radical (unpaired) electrons. The Labute approximate surface area is 212 Å². The molecule has 33 heavy (non-hydrogen) atoms. The van der Waals surface area contributed by atoms with Crippen molar-refractivity contribution in [2.75, 3.05) is 20.1 Å². The summed E-state index contributed by atoms with van der Waals surface area (Å²) < 4.78 is 0. The molecule has 0 aromatic carbocycles. The largest absolute Gasteiger partial charge is 0.306 e. The molecule has 0 aliphatic heterocycles. The molecule has 0 fully saturated rings. The second kappa shape index (κ2) is 30.0. The molecule has 0 saturated heterocycles. The maximum atomic E-state index is 2.58. The third-order valence-electron chi connectivity index (χ3n) is 7.54. The molecule has 1 nitrogen and oxygen atoms in total. The van der Waals surface area contributed by atoms with Crippen molar-refractivity contribution < 1.29 is 0 Å². The monoisotopic (exact) mass is 466 g/mol. The molecule has 0 heterocycles. The third-order valence-corrected chi connectivity index (χ3v) is 7.54. The maximum Gasteiger partial charge on any atom is -0.00218 e. The fourth-order valence-electron chi connectivity index (χ4n) is 5.09. The zero-order valence-corrected chi connectivity index (χ0v) is 24.0. The first-order valence-corrected chi connectivity index (χ1v) is 16.0. The summed E-state index contributed by atoms with van der Waals surface area (Å²) >= 11 is 0. The van der Waals surface area contributed by atoms with Gasteiger partial charge in [0.15, 0.2) is 0 Å². The van der Waals surface area contributed by atoms with E-state index in [-0.39, 0.29) is 0 Å². The smallest absolute Gasteiger partial charge is 0.00218 e. The highest BCUT2D eigenvalue weighted by Crippen LogP contribution is 2.14. The van der Waals surface area contributed by atoms with E-state index in [0.717, 1.165) is 0 Å². The average Bonchev–Trinajstić information content (AvgIpc) is 2.82. The van der Waals surface area contributed by atoms with Crippen LogP contribution < -0.4 is 0 Å². The first-order chi connectivity index (χ1) is 16.3. The van der Waals surface area contributed by atoms with E-state index in [1.165, 1.54) is 186 Å². The summed E-state index contributed by atoms with van der Waals surface area (Å²) in [5.74, 6) is 0. The Balaban J connectivity index is 3.13. The van der Waals surface area contributed by atoms with Crippen LogP contribution >= 0.6 is 0 Å². The van der Waals surface area contributed by atoms with E-state index in [4.69, 9.17) is 0 Å². The van der Waals surface area contributed by atoms with Crippen LogP contribution in [0.2, 0.25) is 0 Å². The summed E-state index contributed by atoms with van der Waals surface area (Å²) in [6.07, 6.45) is 39.3. The summed E-state index contributed by atoms with van der Waals surface area (Å²) in [6.45, 7) is 7.24. The van der Waals surface area contributed by atoms with Crippen molar-refractivity contribution in [1.29, 1.82) is 0 Å². The SMILES string of the molecule is CCCCCCCCCCCCCCCCCN(C)CCCCCCCCCCCCCC. The molecule has 0 aliphatic carbocycles. The normalized spacial score (nSPS) is 11.6. The van der Waals surface area contributed by atoms with Crippen molar-refractivity contribution in [3.63, 3.8) is 0 Å². The van der Waals surface area contributed by atoms with Gasteiger partial charge in [0.25, 0.3) is 0 Å². The Hall–Kier alpha value is -0.0400. The van der Waals surface area contributed by atoms with Crippen molar-refractivity contribution in [2.24, 2.45) is 0 Å². The van der Waals surface area contributed by atoms with Gasteiger partial charge >= 0.3 is 0 Å². The summed E-state index contributed by atoms with van der Waals surface area (Å²) in [5.41, 5.74) is 0. The highest BCUT2D eigenvalue weighted by molar-refractivity contribution is 4.55. The van der Waals surface area contributed by atoms with Crippen LogP contribution in [0.5, 0.6) is 0 Å². The molecule has 0 atom stereocenters. The molecule has 0 aromatic rings. The zero-order chi connectivity index (χ0) is 24.1. The zero-order valence-electron chi connectivity index (χ0n) is 24.0. The topological polar surface area (TPSA) is 3.24 Å². The molecule has 0 N–H and O–H groups in total. The van der Waals surface area contributed by atoms with Gasteiger partial charge in [-0.15, -0.1) is 0 Å². The number of hydrogen-bond acceptors (Lipinski definition) is 1. The number of unbranched alkanes of at least 4 members (excludes halogenated alkanes) is 25. The minimum atomic E-state index is 1.32. The lowest BCUT2D eigenvalue weighted by Crippen LogP contribution is -2.20. The van der Waals surface area contributed by atoms with E-state index in [2.05, 4.69) is 25.8 Å². The number of rotatable bonds is 29. The predicted octanol–water partition coefficient (Wildman–Crippen LogP) is 11.5. The summed E-state index contributed by atoms with van der Waals surface area (Å²) in [6, 6.07) is 0. The Morgan fingerprint density at radius 2 is 0.455 bits per heavy atom. The van der Waals surface area contributed by atoms with Gasteiger partial charge < -0.3 is 4.90 Å². The molecule has 0 saturated carbocycles. The third kappa shape index (κ3) is 29.9. The van der Waals surface area contributed by atoms with Crippen molar-refractivity contribution in [3.8, 4) is 0 Å². The van der Waals surface area contributed by atoms with Crippen LogP contribution in [0.4, 0.5) is 0 Å². The number of hydrogen-bond donors (Lipinski definition) is 0. The minimum absolute atomic E-state index is 1.32. The van der Waals surface area contributed by atoms with E-state index in [9.17, 15) is 0 Å². The van der Waals surface area contributed by atoms with Crippen molar-refractivity contribution >= 4 is 0 Å². The standard InChI is InChI=1S/C32H67N/c1-4-6-8-10-12-14-16-18-19-20-22-24-26-28-30-32-33(3)31-29-27-25-23-21-17-15-13-11-9-7-5-2/h4-32H2,1-3H3. The van der Waals surface area contributed by atoms with E-state index in [1.807, 2.05) is 0 Å². The van der Waals surface area contributed by atoms with Gasteiger partial charge in [-0.05, 0) is 33.0 Å². The Bertz CT molecular complexity index is 326. The molecule has 200 valence electrons. The van der Waals surface area contributed by atoms with Gasteiger partial charge in [-0.25, -0.2) is 0 Å². The highest BCUT2D eigenvalue weighted by atomic mass is 15.1. The van der Waals surface area contributed by atoms with E-state index in [0.29, 0.717) is 0 Å². The Morgan fingerprint density at radius 1 is 0.273 bits per heavy atom. The van der Waals surface area contributed by atoms with Gasteiger partial charge in [0.1, 0.15) is 0 Å². The van der Waals surface area contributed by atoms with Crippen LogP contribution in [-0.4, -0.2) is 25.0 Å². The molecule has 0 spiro atoms. The molecule has 1 heteroatoms. The second-order valence-electron chi connectivity index (χ2n) is 11.1. The summed E-state index contributed by atoms with van der Waals surface area (Å²) in [7, 11) is 2.34. The van der Waals surface area contributed by atoms with Crippen LogP contribution in [0.1, 0.15) is 187 Å². The van der Waals surface area contributed by atoms with Gasteiger partial charge in [0.2, 0.25) is 0 Å². The lowest BCUT2D eigenvalue weighted by atomic mass is 10.0. The van der Waals surface area contributed by atoms with Gasteiger partial charge in [0, 0.05) is 0 Å². The molecular formula is C32H67N. The van der Waals surface area contributed by atoms with E-state index in [1.54, 1.807) is 0 Å². The van der Waals surface area contributed by atoms with Crippen LogP contribution in [-0.2, 0) is 0 Å². The van der Waals surface area contributed by atoms with Crippen LogP contribution in [0.15, 0.2) is 0 Å². The summed E-state index contributed by atoms with van der Waals surface area (Å²) in [4.78, 5) is 2.58. The minimum Gasteiger partial charge on any atom is -0.306 e. The molecular weight excluding hydrogens is 398 g/mol. The highest BCUT2D eigenvalue weighted by Gasteiger charge is 1.99. The second-order valence-corrected chi connectivity index (χ2v) is 11.1. The molecule has 0 bridgehead atoms. The predicted molar refractivity (Wildman–Crippen MR) is 154 cm³/mol. The first kappa shape index (κ1) is 33.0. The average molecular weight is 466 g/mol. The van der Waals surface area contributed by atoms with Gasteiger partial charge in [0.05, 0.1) is 0 Å². The quantitative estimate of drug-likeness (QED) is 0.0992. The van der Waals surface area contributed by atoms with Crippen LogP contribution in [0.25, 0.3) is 0 Å². The van der Waals surface area contributed by atoms with Crippen molar-refractivity contribution in [1.82, 2.24) is 4.90 Å². The molecule has 0 unspecified atom stereocenters. The van der Waals surface area contributed by atoms with Gasteiger partial charge in [-0.1, -0.05) is 174 Å². The van der Waals surface area contributed by atoms with E-state index >= 15 is 0 Å². The lowest BCUT2D eigenvalue weighted by molar-refractivity contribution is 0.314. The molecule has 0 rings (SSSR count). The fourth-order valence-corrected chi connectivity index (χ4v) is 5.09. The maximum absolute atomic E-state index is 2.58. The lowest BCUT2D eigenvalue weighted by Gasteiger charge is -2.16. The van der Waals surface area contributed by atoms with Gasteiger partial charge in [-0.2, -0.15) is 0 Å². The molecule has 0 amide bonds. The van der Waals surface area contributed by atoms with Crippen molar-refractivity contribution in [2.45, 2.75) is 187 Å². The van der Waals surface area contributed by atoms with E-state index < -0.39 is 0 Å². The molecule has 0 aliphatic rings. The van der Waals surface area contributed by atoms with Gasteiger partial charge in [-0.3, -0.25) is 0 Å². The summed E-state index contributed by atoms with van der Waals surface area (Å²) in [5, 5.41) is 0. The van der Waals surface area contributed by atoms with Crippen LogP contribution in [0, 0.1) is 0 Å². The number of nitrogens with zero attached hydrogens (tertiary/aromatic N) is 1. The molecule has 0 aromatic heterocycles. The fraction of sp³-hybridized carbons (Fsp3) is 1.00. The van der Waals surface area contributed by atoms with Crippen LogP contribution in [0.3, 0.4) is 0 Å². The first-order valence-electron chi connectivity index (χ1n) is 16.0.